The molecule has 0 radical (unpaired) electrons. The Labute approximate surface area is 250 Å². The molecule has 0 saturated carbocycles. The minimum atomic E-state index is -1.06. The number of aromatic nitrogens is 2. The molecule has 3 heterocycles. The van der Waals surface area contributed by atoms with Gasteiger partial charge in [0.25, 0.3) is 5.91 Å². The first-order valence-corrected chi connectivity index (χ1v) is 14.9. The van der Waals surface area contributed by atoms with Crippen molar-refractivity contribution in [2.75, 3.05) is 51.3 Å². The van der Waals surface area contributed by atoms with Crippen LogP contribution in [0.2, 0.25) is 0 Å². The summed E-state index contributed by atoms with van der Waals surface area (Å²) in [5, 5.41) is 0.517. The fraction of sp³-hybridized carbons (Fsp3) is 0.455. The zero-order valence-corrected chi connectivity index (χ0v) is 24.7. The number of nitrogens with zero attached hydrogens (tertiary/aromatic N) is 6. The Morgan fingerprint density at radius 2 is 2.00 bits per heavy atom. The standard InChI is InChI=1S/C33H36F2N6O2/c1-20-10-11-22-7-5-9-25(30(20)22)26-16-29-27(15-28(26)35)31(38-33(37-29)43-19-23-8-6-12-39(23)4)40-13-14-41(32(42)21(2)34)24(18-40)17-36-3/h5,7,9,15-16,20,23-24H,2,6,8,10-14,17-19H2,1,4H3/t20?,23-,24-/m0/s1. The van der Waals surface area contributed by atoms with Gasteiger partial charge in [-0.05, 0) is 74.0 Å². The molecular formula is C33H36F2N6O2. The first-order valence-electron chi connectivity index (χ1n) is 14.9. The van der Waals surface area contributed by atoms with Gasteiger partial charge in [-0.25, -0.2) is 15.4 Å². The molecule has 1 aromatic heterocycles. The van der Waals surface area contributed by atoms with Crippen LogP contribution in [0.1, 0.15) is 43.2 Å². The maximum absolute atomic E-state index is 16.0. The third-order valence-corrected chi connectivity index (χ3v) is 9.22. The molecule has 3 atom stereocenters. The van der Waals surface area contributed by atoms with Crippen LogP contribution in [0.15, 0.2) is 42.7 Å². The Balaban J connectivity index is 1.42. The van der Waals surface area contributed by atoms with Crippen LogP contribution < -0.4 is 9.64 Å². The summed E-state index contributed by atoms with van der Waals surface area (Å²) in [5.41, 5.74) is 4.37. The number of anilines is 1. The van der Waals surface area contributed by atoms with Crippen molar-refractivity contribution in [2.24, 2.45) is 0 Å². The molecule has 43 heavy (non-hydrogen) atoms. The van der Waals surface area contributed by atoms with Gasteiger partial charge in [0.15, 0.2) is 5.83 Å². The Morgan fingerprint density at radius 1 is 1.16 bits per heavy atom. The molecule has 2 saturated heterocycles. The van der Waals surface area contributed by atoms with E-state index in [9.17, 15) is 9.18 Å². The smallest absolute Gasteiger partial charge is 0.319 e. The number of hydrogen-bond acceptors (Lipinski definition) is 6. The highest BCUT2D eigenvalue weighted by Gasteiger charge is 2.35. The van der Waals surface area contributed by atoms with E-state index in [2.05, 4.69) is 36.4 Å². The summed E-state index contributed by atoms with van der Waals surface area (Å²) in [6.45, 7) is 14.9. The Kier molecular flexibility index (Phi) is 8.01. The van der Waals surface area contributed by atoms with Gasteiger partial charge in [0.1, 0.15) is 24.3 Å². The van der Waals surface area contributed by atoms with Gasteiger partial charge in [0, 0.05) is 36.6 Å². The second-order valence-electron chi connectivity index (χ2n) is 11.9. The van der Waals surface area contributed by atoms with E-state index in [0.717, 1.165) is 37.8 Å². The number of likely N-dealkylation sites (N-methyl/N-ethyl adjacent to an activating group) is 1. The largest absolute Gasteiger partial charge is 0.462 e. The zero-order valence-electron chi connectivity index (χ0n) is 24.7. The minimum absolute atomic E-state index is 0.00822. The molecule has 1 unspecified atom stereocenters. The van der Waals surface area contributed by atoms with Gasteiger partial charge in [0.2, 0.25) is 6.54 Å². The molecule has 6 rings (SSSR count). The second-order valence-corrected chi connectivity index (χ2v) is 11.9. The van der Waals surface area contributed by atoms with Crippen LogP contribution in [0.25, 0.3) is 26.9 Å². The second kappa shape index (κ2) is 11.9. The number of hydrogen-bond donors (Lipinski definition) is 0. The number of rotatable bonds is 7. The van der Waals surface area contributed by atoms with E-state index in [-0.39, 0.29) is 37.5 Å². The summed E-state index contributed by atoms with van der Waals surface area (Å²) >= 11 is 0. The Morgan fingerprint density at radius 3 is 2.74 bits per heavy atom. The van der Waals surface area contributed by atoms with Crippen molar-refractivity contribution < 1.29 is 18.3 Å². The number of carbonyl (C=O) groups excluding carboxylic acids is 1. The molecule has 3 aliphatic rings. The van der Waals surface area contributed by atoms with Crippen LogP contribution in [0.5, 0.6) is 6.01 Å². The van der Waals surface area contributed by atoms with Crippen LogP contribution in [-0.2, 0) is 11.2 Å². The number of benzene rings is 2. The van der Waals surface area contributed by atoms with Crippen LogP contribution in [0.3, 0.4) is 0 Å². The van der Waals surface area contributed by atoms with Gasteiger partial charge in [0.05, 0.1) is 5.52 Å². The molecule has 1 amide bonds. The molecule has 0 spiro atoms. The Hall–Kier alpha value is -4.10. The maximum atomic E-state index is 16.0. The van der Waals surface area contributed by atoms with Crippen molar-refractivity contribution in [2.45, 2.75) is 50.6 Å². The number of amides is 1. The quantitative estimate of drug-likeness (QED) is 0.274. The molecule has 10 heteroatoms. The predicted molar refractivity (Wildman–Crippen MR) is 162 cm³/mol. The molecular weight excluding hydrogens is 550 g/mol. The van der Waals surface area contributed by atoms with Crippen molar-refractivity contribution in [1.82, 2.24) is 19.8 Å². The van der Waals surface area contributed by atoms with E-state index in [1.165, 1.54) is 22.1 Å². The number of ether oxygens (including phenoxy) is 1. The van der Waals surface area contributed by atoms with Crippen molar-refractivity contribution in [3.8, 4) is 17.1 Å². The number of likely N-dealkylation sites (tertiary alicyclic amines) is 1. The Bertz CT molecular complexity index is 1620. The summed E-state index contributed by atoms with van der Waals surface area (Å²) in [4.78, 5) is 31.0. The van der Waals surface area contributed by atoms with Gasteiger partial charge < -0.3 is 24.3 Å². The maximum Gasteiger partial charge on any atom is 0.319 e. The van der Waals surface area contributed by atoms with E-state index in [4.69, 9.17) is 21.3 Å². The van der Waals surface area contributed by atoms with Gasteiger partial charge in [-0.3, -0.25) is 4.79 Å². The van der Waals surface area contributed by atoms with Crippen molar-refractivity contribution in [3.63, 3.8) is 0 Å². The van der Waals surface area contributed by atoms with E-state index < -0.39 is 17.8 Å². The first kappa shape index (κ1) is 29.0. The number of halogens is 2. The lowest BCUT2D eigenvalue weighted by molar-refractivity contribution is -0.131. The SMILES string of the molecule is [C-]#[N+]C[C@H]1CN(c2nc(OC[C@@H]3CCCN3C)nc3cc(-c4cccc5c4C(C)CC5)c(F)cc23)CCN1C(=O)C(=C)F. The summed E-state index contributed by atoms with van der Waals surface area (Å²) in [5.74, 6) is -1.43. The summed E-state index contributed by atoms with van der Waals surface area (Å²) < 4.78 is 36.0. The number of aryl methyl sites for hydroxylation is 1. The summed E-state index contributed by atoms with van der Waals surface area (Å²) in [7, 11) is 2.08. The normalized spacial score (nSPS) is 22.1. The lowest BCUT2D eigenvalue weighted by atomic mass is 9.91. The number of fused-ring (bicyclic) bond motifs is 2. The highest BCUT2D eigenvalue weighted by Crippen LogP contribution is 2.42. The molecule has 8 nitrogen and oxygen atoms in total. The number of carbonyl (C=O) groups is 1. The van der Waals surface area contributed by atoms with Crippen LogP contribution >= 0.6 is 0 Å². The van der Waals surface area contributed by atoms with Gasteiger partial charge in [-0.15, -0.1) is 0 Å². The number of piperazine rings is 1. The first-order chi connectivity index (χ1) is 20.7. The third-order valence-electron chi connectivity index (χ3n) is 9.22. The lowest BCUT2D eigenvalue weighted by Crippen LogP contribution is -2.56. The fourth-order valence-corrected chi connectivity index (χ4v) is 6.88. The molecule has 1 aliphatic carbocycles. The topological polar surface area (TPSA) is 66.2 Å². The average molecular weight is 587 g/mol. The van der Waals surface area contributed by atoms with E-state index in [0.29, 0.717) is 41.4 Å². The fourth-order valence-electron chi connectivity index (χ4n) is 6.88. The van der Waals surface area contributed by atoms with Crippen molar-refractivity contribution in [1.29, 1.82) is 0 Å². The van der Waals surface area contributed by atoms with Crippen LogP contribution in [0, 0.1) is 12.4 Å². The van der Waals surface area contributed by atoms with E-state index in [1.54, 1.807) is 6.07 Å². The van der Waals surface area contributed by atoms with E-state index in [1.807, 2.05) is 17.0 Å². The summed E-state index contributed by atoms with van der Waals surface area (Å²) in [6.07, 6.45) is 4.15. The molecule has 0 bridgehead atoms. The van der Waals surface area contributed by atoms with Gasteiger partial charge in [-0.2, -0.15) is 9.97 Å². The highest BCUT2D eigenvalue weighted by atomic mass is 19.1. The highest BCUT2D eigenvalue weighted by molar-refractivity contribution is 5.94. The van der Waals surface area contributed by atoms with Crippen molar-refractivity contribution >= 4 is 22.6 Å². The monoisotopic (exact) mass is 586 g/mol. The van der Waals surface area contributed by atoms with Crippen LogP contribution in [-0.4, -0.2) is 84.1 Å². The lowest BCUT2D eigenvalue weighted by Gasteiger charge is -2.39. The molecule has 2 aromatic carbocycles. The molecule has 0 N–H and O–H groups in total. The summed E-state index contributed by atoms with van der Waals surface area (Å²) in [6, 6.07) is 9.23. The molecule has 224 valence electrons. The zero-order chi connectivity index (χ0) is 30.2. The molecule has 2 aliphatic heterocycles. The molecule has 2 fully saturated rings. The van der Waals surface area contributed by atoms with Crippen molar-refractivity contribution in [3.05, 3.63) is 71.1 Å². The molecule has 3 aromatic rings. The average Bonchev–Trinajstić information content (AvgIpc) is 3.59. The minimum Gasteiger partial charge on any atom is -0.462 e. The van der Waals surface area contributed by atoms with E-state index >= 15 is 4.39 Å². The predicted octanol–water partition coefficient (Wildman–Crippen LogP) is 5.38. The van der Waals surface area contributed by atoms with Crippen LogP contribution in [0.4, 0.5) is 14.6 Å². The van der Waals surface area contributed by atoms with Gasteiger partial charge >= 0.3 is 6.01 Å². The third kappa shape index (κ3) is 5.54. The van der Waals surface area contributed by atoms with Gasteiger partial charge in [-0.1, -0.05) is 31.7 Å².